The molecule has 5 nitrogen and oxygen atoms in total. The fourth-order valence-corrected chi connectivity index (χ4v) is 4.68. The first-order chi connectivity index (χ1) is 14.5. The van der Waals surface area contributed by atoms with E-state index in [4.69, 9.17) is 16.9 Å². The smallest absolute Gasteiger partial charge is 0.193 e. The van der Waals surface area contributed by atoms with Crippen molar-refractivity contribution >= 4 is 27.2 Å². The molecule has 1 heterocycles. The molecule has 158 valence electrons. The maximum Gasteiger partial charge on any atom is 0.193 e. The lowest BCUT2D eigenvalue weighted by Crippen LogP contribution is -2.13. The predicted octanol–water partition coefficient (Wildman–Crippen LogP) is 5.11. The molecule has 1 aromatic heterocycles. The summed E-state index contributed by atoms with van der Waals surface area (Å²) in [5, 5.41) is 9.35. The number of nitriles is 1. The first-order valence-corrected chi connectivity index (χ1v) is 11.6. The number of ketones is 1. The zero-order valence-corrected chi connectivity index (χ0v) is 19.0. The Bertz CT molecular complexity index is 1290. The summed E-state index contributed by atoms with van der Waals surface area (Å²) in [7, 11) is -3.70. The Morgan fingerprint density at radius 3 is 2.35 bits per heavy atom. The van der Waals surface area contributed by atoms with Gasteiger partial charge in [-0.25, -0.2) is 13.4 Å². The summed E-state index contributed by atoms with van der Waals surface area (Å²) in [5.41, 5.74) is 1.79. The molecular weight excluding hydrogens is 432 g/mol. The van der Waals surface area contributed by atoms with E-state index in [1.807, 2.05) is 6.07 Å². The first-order valence-electron chi connectivity index (χ1n) is 9.54. The Kier molecular flexibility index (Phi) is 6.30. The number of hydrogen-bond acceptors (Lipinski definition) is 5. The Labute approximate surface area is 187 Å². The van der Waals surface area contributed by atoms with Gasteiger partial charge in [-0.2, -0.15) is 5.26 Å². The van der Waals surface area contributed by atoms with E-state index in [9.17, 15) is 13.2 Å². The van der Waals surface area contributed by atoms with Crippen LogP contribution in [0.3, 0.4) is 0 Å². The molecule has 0 radical (unpaired) electrons. The van der Waals surface area contributed by atoms with E-state index in [0.29, 0.717) is 10.6 Å². The molecule has 0 fully saturated rings. The lowest BCUT2D eigenvalue weighted by Gasteiger charge is -2.19. The average Bonchev–Trinajstić information content (AvgIpc) is 2.74. The van der Waals surface area contributed by atoms with E-state index in [0.717, 1.165) is 5.56 Å². The van der Waals surface area contributed by atoms with Crippen molar-refractivity contribution in [2.45, 2.75) is 36.8 Å². The van der Waals surface area contributed by atoms with Crippen molar-refractivity contribution in [3.63, 3.8) is 0 Å². The van der Waals surface area contributed by atoms with Crippen LogP contribution in [0, 0.1) is 11.3 Å². The molecule has 0 spiro atoms. The summed E-state index contributed by atoms with van der Waals surface area (Å²) in [6.45, 7) is 6.16. The number of sulfone groups is 1. The molecule has 0 bridgehead atoms. The van der Waals surface area contributed by atoms with Crippen LogP contribution in [0.25, 0.3) is 0 Å². The average molecular weight is 453 g/mol. The molecule has 0 unspecified atom stereocenters. The molecule has 0 saturated heterocycles. The molecule has 2 aromatic carbocycles. The molecule has 0 aliphatic rings. The van der Waals surface area contributed by atoms with Gasteiger partial charge in [0.1, 0.15) is 11.8 Å². The number of nitrogens with zero attached hydrogens (tertiary/aromatic N) is 2. The predicted molar refractivity (Wildman–Crippen MR) is 120 cm³/mol. The molecule has 0 amide bonds. The summed E-state index contributed by atoms with van der Waals surface area (Å²) in [5.74, 6) is -0.772. The fourth-order valence-electron chi connectivity index (χ4n) is 3.12. The van der Waals surface area contributed by atoms with Crippen molar-refractivity contribution in [1.29, 1.82) is 5.26 Å². The normalized spacial score (nSPS) is 11.7. The van der Waals surface area contributed by atoms with E-state index in [-0.39, 0.29) is 32.9 Å². The van der Waals surface area contributed by atoms with Crippen molar-refractivity contribution in [1.82, 2.24) is 4.98 Å². The number of carbonyl (C=O) groups is 1. The second-order valence-corrected chi connectivity index (χ2v) is 10.6. The van der Waals surface area contributed by atoms with Crippen LogP contribution < -0.4 is 0 Å². The highest BCUT2D eigenvalue weighted by molar-refractivity contribution is 7.90. The van der Waals surface area contributed by atoms with Crippen molar-refractivity contribution in [3.05, 3.63) is 93.8 Å². The van der Waals surface area contributed by atoms with Gasteiger partial charge in [0.2, 0.25) is 0 Å². The van der Waals surface area contributed by atoms with Crippen LogP contribution in [0.4, 0.5) is 0 Å². The molecule has 0 aliphatic heterocycles. The number of halogens is 1. The molecule has 3 aromatic rings. The second kappa shape index (κ2) is 8.62. The largest absolute Gasteiger partial charge is 0.289 e. The summed E-state index contributed by atoms with van der Waals surface area (Å²) in [4.78, 5) is 17.1. The van der Waals surface area contributed by atoms with E-state index in [1.165, 1.54) is 24.4 Å². The molecule has 7 heteroatoms. The highest BCUT2D eigenvalue weighted by atomic mass is 35.5. The van der Waals surface area contributed by atoms with Crippen molar-refractivity contribution in [3.8, 4) is 6.07 Å². The minimum absolute atomic E-state index is 0.0924. The quantitative estimate of drug-likeness (QED) is 0.502. The SMILES string of the molecule is CC(C)(C)c1ccc(S(=O)(=O)Cc2ccc(Cl)cc2C(=O)c2ccnc(C#N)c2)cc1. The third-order valence-corrected chi connectivity index (χ3v) is 6.79. The molecule has 3 rings (SSSR count). The van der Waals surface area contributed by atoms with Gasteiger partial charge >= 0.3 is 0 Å². The van der Waals surface area contributed by atoms with E-state index in [2.05, 4.69) is 25.8 Å². The van der Waals surface area contributed by atoms with E-state index in [1.54, 1.807) is 36.4 Å². The van der Waals surface area contributed by atoms with Gasteiger partial charge in [0, 0.05) is 22.3 Å². The maximum absolute atomic E-state index is 13.1. The van der Waals surface area contributed by atoms with Crippen LogP contribution in [0.5, 0.6) is 0 Å². The molecule has 0 saturated carbocycles. The van der Waals surface area contributed by atoms with Gasteiger partial charge in [-0.3, -0.25) is 4.79 Å². The zero-order chi connectivity index (χ0) is 22.8. The summed E-state index contributed by atoms with van der Waals surface area (Å²) in [6.07, 6.45) is 1.36. The third kappa shape index (κ3) is 5.19. The highest BCUT2D eigenvalue weighted by Gasteiger charge is 2.22. The van der Waals surface area contributed by atoms with Crippen LogP contribution in [-0.4, -0.2) is 19.2 Å². The van der Waals surface area contributed by atoms with Gasteiger partial charge in [-0.1, -0.05) is 50.6 Å². The van der Waals surface area contributed by atoms with Crippen LogP contribution in [0.15, 0.2) is 65.7 Å². The number of benzene rings is 2. The zero-order valence-electron chi connectivity index (χ0n) is 17.4. The molecule has 0 aliphatic carbocycles. The number of rotatable bonds is 5. The Morgan fingerprint density at radius 2 is 1.74 bits per heavy atom. The molecule has 31 heavy (non-hydrogen) atoms. The molecule has 0 atom stereocenters. The van der Waals surface area contributed by atoms with Gasteiger partial charge < -0.3 is 0 Å². The molecular formula is C24H21ClN2O3S. The minimum Gasteiger partial charge on any atom is -0.289 e. The third-order valence-electron chi connectivity index (χ3n) is 4.88. The summed E-state index contributed by atoms with van der Waals surface area (Å²) >= 11 is 6.09. The lowest BCUT2D eigenvalue weighted by atomic mass is 9.87. The number of carbonyl (C=O) groups excluding carboxylic acids is 1. The minimum atomic E-state index is -3.70. The summed E-state index contributed by atoms with van der Waals surface area (Å²) < 4.78 is 26.1. The molecule has 0 N–H and O–H groups in total. The summed E-state index contributed by atoms with van der Waals surface area (Å²) in [6, 6.07) is 16.1. The van der Waals surface area contributed by atoms with Crippen molar-refractivity contribution in [2.24, 2.45) is 0 Å². The Hall–Kier alpha value is -3.01. The Morgan fingerprint density at radius 1 is 1.06 bits per heavy atom. The second-order valence-electron chi connectivity index (χ2n) is 8.21. The van der Waals surface area contributed by atoms with Gasteiger partial charge in [0.05, 0.1) is 10.6 Å². The lowest BCUT2D eigenvalue weighted by molar-refractivity contribution is 0.103. The standard InChI is InChI=1S/C24H21ClN2O3S/c1-24(2,3)18-5-8-21(9-6-18)31(29,30)15-17-4-7-19(25)13-22(17)23(28)16-10-11-27-20(12-16)14-26/h4-13H,15H2,1-3H3. The van der Waals surface area contributed by atoms with Crippen LogP contribution in [0.2, 0.25) is 5.02 Å². The highest BCUT2D eigenvalue weighted by Crippen LogP contribution is 2.27. The van der Waals surface area contributed by atoms with E-state index >= 15 is 0 Å². The van der Waals surface area contributed by atoms with Gasteiger partial charge in [-0.05, 0) is 52.9 Å². The van der Waals surface area contributed by atoms with Gasteiger partial charge in [-0.15, -0.1) is 0 Å². The van der Waals surface area contributed by atoms with Crippen LogP contribution in [-0.2, 0) is 21.0 Å². The van der Waals surface area contributed by atoms with Crippen molar-refractivity contribution < 1.29 is 13.2 Å². The Balaban J connectivity index is 1.98. The van der Waals surface area contributed by atoms with Gasteiger partial charge in [0.25, 0.3) is 0 Å². The number of aromatic nitrogens is 1. The number of hydrogen-bond donors (Lipinski definition) is 0. The maximum atomic E-state index is 13.1. The first kappa shape index (κ1) is 22.7. The number of pyridine rings is 1. The van der Waals surface area contributed by atoms with Crippen LogP contribution in [0.1, 0.15) is 53.5 Å². The fraction of sp³-hybridized carbons (Fsp3) is 0.208. The topological polar surface area (TPSA) is 87.9 Å². The van der Waals surface area contributed by atoms with Crippen LogP contribution >= 0.6 is 11.6 Å². The van der Waals surface area contributed by atoms with E-state index < -0.39 is 15.6 Å². The monoisotopic (exact) mass is 452 g/mol. The van der Waals surface area contributed by atoms with Gasteiger partial charge in [0.15, 0.2) is 15.6 Å². The van der Waals surface area contributed by atoms with Crippen molar-refractivity contribution in [2.75, 3.05) is 0 Å².